The van der Waals surface area contributed by atoms with Gasteiger partial charge >= 0.3 is 0 Å². The Morgan fingerprint density at radius 3 is 2.50 bits per heavy atom. The fourth-order valence-corrected chi connectivity index (χ4v) is 4.17. The van der Waals surface area contributed by atoms with E-state index in [1.165, 1.54) is 5.48 Å². The summed E-state index contributed by atoms with van der Waals surface area (Å²) in [5, 5.41) is 17.0. The van der Waals surface area contributed by atoms with Crippen molar-refractivity contribution in [2.45, 2.75) is 16.6 Å². The molecule has 1 aliphatic heterocycles. The standard InChI is InChI=1S/C20H22F2N6O3S/c1-26-5-7-28(8-6-26)11-13-3-4-16(31-13)18-23-24-20(27(18)2)32-17-14(21)9-12(10-15(17)22)19(29)25-30/h3-4,9-10,30H,5-8,11H2,1-2H3,(H,25,29). The van der Waals surface area contributed by atoms with Crippen LogP contribution in [0.4, 0.5) is 8.78 Å². The number of aromatic nitrogens is 3. The van der Waals surface area contributed by atoms with Crippen molar-refractivity contribution in [1.82, 2.24) is 30.0 Å². The van der Waals surface area contributed by atoms with E-state index in [1.54, 1.807) is 17.7 Å². The molecular weight excluding hydrogens is 442 g/mol. The summed E-state index contributed by atoms with van der Waals surface area (Å²) in [6.45, 7) is 4.64. The molecule has 1 aliphatic rings. The molecule has 9 nitrogen and oxygen atoms in total. The topological polar surface area (TPSA) is 99.7 Å². The van der Waals surface area contributed by atoms with Crippen LogP contribution in [0.25, 0.3) is 11.6 Å². The van der Waals surface area contributed by atoms with Crippen molar-refractivity contribution in [3.05, 3.63) is 47.2 Å². The van der Waals surface area contributed by atoms with Gasteiger partial charge in [-0.15, -0.1) is 10.2 Å². The van der Waals surface area contributed by atoms with Crippen molar-refractivity contribution in [1.29, 1.82) is 0 Å². The zero-order chi connectivity index (χ0) is 22.8. The van der Waals surface area contributed by atoms with Crippen LogP contribution in [0.1, 0.15) is 16.1 Å². The van der Waals surface area contributed by atoms with Gasteiger partial charge in [0.05, 0.1) is 11.4 Å². The summed E-state index contributed by atoms with van der Waals surface area (Å²) in [5.41, 5.74) is 1.01. The van der Waals surface area contributed by atoms with Crippen LogP contribution in [0.5, 0.6) is 0 Å². The van der Waals surface area contributed by atoms with Crippen LogP contribution in [0.3, 0.4) is 0 Å². The molecule has 4 rings (SSSR count). The molecule has 0 spiro atoms. The molecule has 12 heteroatoms. The number of benzene rings is 1. The van der Waals surface area contributed by atoms with Crippen molar-refractivity contribution in [3.63, 3.8) is 0 Å². The van der Waals surface area contributed by atoms with Crippen LogP contribution < -0.4 is 5.48 Å². The Balaban J connectivity index is 1.50. The third-order valence-corrected chi connectivity index (χ3v) is 6.38. The first-order valence-corrected chi connectivity index (χ1v) is 10.7. The molecule has 1 aromatic carbocycles. The Bertz CT molecular complexity index is 1100. The molecule has 0 atom stereocenters. The molecule has 0 unspecified atom stereocenters. The number of furan rings is 1. The largest absolute Gasteiger partial charge is 0.456 e. The molecular formula is C20H22F2N6O3S. The quantitative estimate of drug-likeness (QED) is 0.424. The zero-order valence-electron chi connectivity index (χ0n) is 17.5. The first-order valence-electron chi connectivity index (χ1n) is 9.86. The van der Waals surface area contributed by atoms with Crippen LogP contribution >= 0.6 is 11.8 Å². The fraction of sp³-hybridized carbons (Fsp3) is 0.350. The Labute approximate surface area is 187 Å². The predicted octanol–water partition coefficient (Wildman–Crippen LogP) is 2.37. The van der Waals surface area contributed by atoms with E-state index in [1.807, 2.05) is 6.07 Å². The number of hydroxylamine groups is 1. The number of halogens is 2. The van der Waals surface area contributed by atoms with Gasteiger partial charge in [0.1, 0.15) is 17.4 Å². The van der Waals surface area contributed by atoms with Crippen LogP contribution in [-0.2, 0) is 13.6 Å². The second-order valence-electron chi connectivity index (χ2n) is 7.52. The minimum absolute atomic E-state index is 0.245. The average Bonchev–Trinajstić information content (AvgIpc) is 3.38. The molecule has 0 aliphatic carbocycles. The third-order valence-electron chi connectivity index (χ3n) is 5.25. The van der Waals surface area contributed by atoms with E-state index in [0.717, 1.165) is 55.8 Å². The van der Waals surface area contributed by atoms with Gasteiger partial charge in [-0.3, -0.25) is 14.9 Å². The number of piperazine rings is 1. The van der Waals surface area contributed by atoms with Gasteiger partial charge in [-0.25, -0.2) is 14.3 Å². The average molecular weight is 464 g/mol. The molecule has 1 fully saturated rings. The molecule has 32 heavy (non-hydrogen) atoms. The van der Waals surface area contributed by atoms with Crippen molar-refractivity contribution in [2.75, 3.05) is 33.2 Å². The maximum absolute atomic E-state index is 14.4. The first kappa shape index (κ1) is 22.4. The molecule has 3 aromatic rings. The molecule has 0 radical (unpaired) electrons. The highest BCUT2D eigenvalue weighted by atomic mass is 32.2. The van der Waals surface area contributed by atoms with Gasteiger partial charge in [-0.2, -0.15) is 0 Å². The Morgan fingerprint density at radius 2 is 1.84 bits per heavy atom. The van der Waals surface area contributed by atoms with Gasteiger partial charge in [0.25, 0.3) is 5.91 Å². The summed E-state index contributed by atoms with van der Waals surface area (Å²) < 4.78 is 36.3. The second-order valence-corrected chi connectivity index (χ2v) is 8.50. The van der Waals surface area contributed by atoms with E-state index in [2.05, 4.69) is 27.0 Å². The summed E-state index contributed by atoms with van der Waals surface area (Å²) in [6.07, 6.45) is 0. The molecule has 0 saturated carbocycles. The van der Waals surface area contributed by atoms with Gasteiger partial charge in [0.15, 0.2) is 16.7 Å². The number of nitrogens with zero attached hydrogens (tertiary/aromatic N) is 5. The van der Waals surface area contributed by atoms with Gasteiger partial charge in [-0.05, 0) is 43.1 Å². The molecule has 1 amide bonds. The molecule has 170 valence electrons. The van der Waals surface area contributed by atoms with Gasteiger partial charge in [0, 0.05) is 38.8 Å². The molecule has 3 heterocycles. The van der Waals surface area contributed by atoms with Crippen LogP contribution in [0, 0.1) is 11.6 Å². The van der Waals surface area contributed by atoms with E-state index < -0.39 is 17.5 Å². The Hall–Kier alpha value is -2.80. The SMILES string of the molecule is CN1CCN(Cc2ccc(-c3nnc(Sc4c(F)cc(C(=O)NO)cc4F)n3C)o2)CC1. The highest BCUT2D eigenvalue weighted by molar-refractivity contribution is 7.99. The number of nitrogens with one attached hydrogen (secondary N) is 1. The molecule has 2 aromatic heterocycles. The first-order chi connectivity index (χ1) is 15.4. The van der Waals surface area contributed by atoms with Gasteiger partial charge < -0.3 is 13.9 Å². The minimum Gasteiger partial charge on any atom is -0.456 e. The smallest absolute Gasteiger partial charge is 0.274 e. The van der Waals surface area contributed by atoms with Crippen molar-refractivity contribution in [3.8, 4) is 11.6 Å². The van der Waals surface area contributed by atoms with Gasteiger partial charge in [0.2, 0.25) is 0 Å². The number of carbonyl (C=O) groups excluding carboxylic acids is 1. The lowest BCUT2D eigenvalue weighted by Crippen LogP contribution is -2.43. The van der Waals surface area contributed by atoms with Crippen molar-refractivity contribution >= 4 is 17.7 Å². The maximum atomic E-state index is 14.4. The number of hydrogen-bond donors (Lipinski definition) is 2. The Kier molecular flexibility index (Phi) is 6.55. The number of amides is 1. The fourth-order valence-electron chi connectivity index (χ4n) is 3.37. The van der Waals surface area contributed by atoms with Crippen molar-refractivity contribution in [2.24, 2.45) is 7.05 Å². The van der Waals surface area contributed by atoms with E-state index in [4.69, 9.17) is 9.62 Å². The third kappa shape index (κ3) is 4.67. The summed E-state index contributed by atoms with van der Waals surface area (Å²) in [4.78, 5) is 15.7. The summed E-state index contributed by atoms with van der Waals surface area (Å²) in [7, 11) is 3.77. The van der Waals surface area contributed by atoms with E-state index in [0.29, 0.717) is 18.1 Å². The Morgan fingerprint density at radius 1 is 1.16 bits per heavy atom. The summed E-state index contributed by atoms with van der Waals surface area (Å²) >= 11 is 0.737. The second kappa shape index (κ2) is 9.36. The van der Waals surface area contributed by atoms with E-state index >= 15 is 0 Å². The monoisotopic (exact) mass is 464 g/mol. The van der Waals surface area contributed by atoms with E-state index in [-0.39, 0.29) is 15.6 Å². The highest BCUT2D eigenvalue weighted by Gasteiger charge is 2.21. The molecule has 0 bridgehead atoms. The molecule has 2 N–H and O–H groups in total. The predicted molar refractivity (Wildman–Crippen MR) is 111 cm³/mol. The number of rotatable bonds is 6. The number of likely N-dealkylation sites (N-methyl/N-ethyl adjacent to an activating group) is 1. The maximum Gasteiger partial charge on any atom is 0.274 e. The normalized spacial score (nSPS) is 15.3. The zero-order valence-corrected chi connectivity index (χ0v) is 18.3. The highest BCUT2D eigenvalue weighted by Crippen LogP contribution is 2.33. The van der Waals surface area contributed by atoms with Crippen LogP contribution in [-0.4, -0.2) is 68.9 Å². The summed E-state index contributed by atoms with van der Waals surface area (Å²) in [6, 6.07) is 5.36. The minimum atomic E-state index is -1.01. The van der Waals surface area contributed by atoms with Gasteiger partial charge in [-0.1, -0.05) is 0 Å². The lowest BCUT2D eigenvalue weighted by Gasteiger charge is -2.31. The lowest BCUT2D eigenvalue weighted by molar-refractivity contribution is 0.0705. The van der Waals surface area contributed by atoms with Crippen LogP contribution in [0.15, 0.2) is 38.7 Å². The van der Waals surface area contributed by atoms with Crippen molar-refractivity contribution < 1.29 is 23.2 Å². The number of carbonyl (C=O) groups is 1. The number of hydrogen-bond acceptors (Lipinski definition) is 8. The summed E-state index contributed by atoms with van der Waals surface area (Å²) in [5.74, 6) is -1.18. The van der Waals surface area contributed by atoms with Crippen LogP contribution in [0.2, 0.25) is 0 Å². The molecule has 1 saturated heterocycles. The van der Waals surface area contributed by atoms with E-state index in [9.17, 15) is 13.6 Å². The lowest BCUT2D eigenvalue weighted by atomic mass is 10.2.